The molecule has 1 unspecified atom stereocenters. The van der Waals surface area contributed by atoms with Gasteiger partial charge in [0.25, 0.3) is 5.91 Å². The third kappa shape index (κ3) is 3.89. The van der Waals surface area contributed by atoms with Crippen LogP contribution in [0.15, 0.2) is 24.3 Å². The van der Waals surface area contributed by atoms with Crippen molar-refractivity contribution in [1.82, 2.24) is 10.2 Å². The van der Waals surface area contributed by atoms with Crippen LogP contribution in [0.1, 0.15) is 32.8 Å². The Hall–Kier alpha value is -1.60. The van der Waals surface area contributed by atoms with Gasteiger partial charge in [-0.1, -0.05) is 49.1 Å². The molecule has 0 spiro atoms. The van der Waals surface area contributed by atoms with Crippen LogP contribution in [0.5, 0.6) is 5.75 Å². The molecule has 1 saturated heterocycles. The number of benzene rings is 1. The molecule has 1 N–H and O–H groups in total. The number of rotatable bonds is 5. The Balaban J connectivity index is 2.28. The molecule has 1 fully saturated rings. The van der Waals surface area contributed by atoms with E-state index in [1.165, 1.54) is 11.8 Å². The highest BCUT2D eigenvalue weighted by atomic mass is 32.2. The third-order valence-electron chi connectivity index (χ3n) is 3.93. The Morgan fingerprint density at radius 2 is 2.08 bits per heavy atom. The van der Waals surface area contributed by atoms with Gasteiger partial charge in [0, 0.05) is 16.7 Å². The Bertz CT molecular complexity index is 661. The second-order valence-electron chi connectivity index (χ2n) is 6.06. The average molecular weight is 367 g/mol. The third-order valence-corrected chi connectivity index (χ3v) is 5.55. The first kappa shape index (κ1) is 18.7. The zero-order chi connectivity index (χ0) is 17.9. The molecule has 7 heteroatoms. The molecule has 0 bridgehead atoms. The van der Waals surface area contributed by atoms with E-state index in [9.17, 15) is 9.59 Å². The first-order chi connectivity index (χ1) is 11.3. The van der Waals surface area contributed by atoms with E-state index in [4.69, 9.17) is 17.0 Å². The first-order valence-electron chi connectivity index (χ1n) is 7.75. The molecule has 0 saturated carbocycles. The Kier molecular flexibility index (Phi) is 5.87. The molecule has 0 aliphatic carbocycles. The van der Waals surface area contributed by atoms with E-state index < -0.39 is 10.8 Å². The highest BCUT2D eigenvalue weighted by molar-refractivity contribution is 8.24. The van der Waals surface area contributed by atoms with Crippen LogP contribution in [-0.2, 0) is 16.1 Å². The summed E-state index contributed by atoms with van der Waals surface area (Å²) in [7, 11) is 1.59. The number of amides is 2. The quantitative estimate of drug-likeness (QED) is 0.812. The van der Waals surface area contributed by atoms with Gasteiger partial charge in [0.05, 0.1) is 13.7 Å². The van der Waals surface area contributed by atoms with Gasteiger partial charge in [0.15, 0.2) is 0 Å². The maximum absolute atomic E-state index is 13.0. The molecule has 2 amide bonds. The lowest BCUT2D eigenvalue weighted by molar-refractivity contribution is -0.134. The minimum absolute atomic E-state index is 0.146. The van der Waals surface area contributed by atoms with Crippen LogP contribution in [0.4, 0.5) is 0 Å². The molecule has 1 atom stereocenters. The molecule has 130 valence electrons. The summed E-state index contributed by atoms with van der Waals surface area (Å²) in [5.74, 6) is 0.376. The van der Waals surface area contributed by atoms with Crippen LogP contribution in [0.3, 0.4) is 0 Å². The minimum Gasteiger partial charge on any atom is -0.496 e. The van der Waals surface area contributed by atoms with Gasteiger partial charge in [-0.25, -0.2) is 0 Å². The lowest BCUT2D eigenvalue weighted by Gasteiger charge is -2.42. The highest BCUT2D eigenvalue weighted by Crippen LogP contribution is 2.37. The topological polar surface area (TPSA) is 58.6 Å². The van der Waals surface area contributed by atoms with E-state index in [1.807, 2.05) is 38.1 Å². The van der Waals surface area contributed by atoms with E-state index in [0.717, 1.165) is 5.56 Å². The van der Waals surface area contributed by atoms with E-state index in [2.05, 4.69) is 5.32 Å². The Morgan fingerprint density at radius 1 is 1.42 bits per heavy atom. The molecule has 5 nitrogen and oxygen atoms in total. The normalized spacial score (nSPS) is 20.0. The molecule has 0 radical (unpaired) electrons. The average Bonchev–Trinajstić information content (AvgIpc) is 2.55. The molecule has 2 rings (SSSR count). The van der Waals surface area contributed by atoms with Crippen LogP contribution >= 0.6 is 24.0 Å². The van der Waals surface area contributed by atoms with Crippen LogP contribution in [0.25, 0.3) is 0 Å². The monoisotopic (exact) mass is 366 g/mol. The predicted octanol–water partition coefficient (Wildman–Crippen LogP) is 2.73. The number of nitrogens with one attached hydrogen (secondary N) is 1. The number of hydrogen-bond donors (Lipinski definition) is 1. The second-order valence-corrected chi connectivity index (χ2v) is 8.35. The van der Waals surface area contributed by atoms with Gasteiger partial charge in [-0.2, -0.15) is 0 Å². The fourth-order valence-electron chi connectivity index (χ4n) is 2.53. The zero-order valence-electron chi connectivity index (χ0n) is 14.3. The summed E-state index contributed by atoms with van der Waals surface area (Å²) >= 11 is 6.87. The van der Waals surface area contributed by atoms with Crippen molar-refractivity contribution >= 4 is 40.1 Å². The number of ether oxygens (including phenoxy) is 1. The van der Waals surface area contributed by atoms with E-state index in [0.29, 0.717) is 23.0 Å². The number of nitrogens with zero attached hydrogens (tertiary/aromatic N) is 1. The van der Waals surface area contributed by atoms with Crippen LogP contribution in [0, 0.1) is 0 Å². The van der Waals surface area contributed by atoms with Crippen molar-refractivity contribution in [2.75, 3.05) is 7.11 Å². The van der Waals surface area contributed by atoms with Gasteiger partial charge in [-0.3, -0.25) is 14.5 Å². The predicted molar refractivity (Wildman–Crippen MR) is 100 cm³/mol. The van der Waals surface area contributed by atoms with Crippen molar-refractivity contribution in [1.29, 1.82) is 0 Å². The van der Waals surface area contributed by atoms with Gasteiger partial charge in [0.1, 0.15) is 16.1 Å². The van der Waals surface area contributed by atoms with Crippen molar-refractivity contribution < 1.29 is 14.3 Å². The summed E-state index contributed by atoms with van der Waals surface area (Å²) in [4.78, 5) is 26.3. The maximum atomic E-state index is 13.0. The second kappa shape index (κ2) is 7.53. The SMILES string of the molecule is CCC(=O)NC1C(=O)N(Cc2ccccc2OC)C(=S)SC1(C)C. The van der Waals surface area contributed by atoms with Crippen molar-refractivity contribution in [2.45, 2.75) is 44.5 Å². The Labute approximate surface area is 152 Å². The van der Waals surface area contributed by atoms with Crippen molar-refractivity contribution in [3.8, 4) is 5.75 Å². The largest absolute Gasteiger partial charge is 0.496 e. The molecule has 0 aromatic heterocycles. The van der Waals surface area contributed by atoms with Gasteiger partial charge < -0.3 is 10.1 Å². The molecule has 1 aromatic carbocycles. The van der Waals surface area contributed by atoms with Crippen molar-refractivity contribution in [3.63, 3.8) is 0 Å². The Morgan fingerprint density at radius 3 is 2.71 bits per heavy atom. The van der Waals surface area contributed by atoms with Gasteiger partial charge in [0.2, 0.25) is 5.91 Å². The summed E-state index contributed by atoms with van der Waals surface area (Å²) < 4.78 is 5.37. The summed E-state index contributed by atoms with van der Waals surface area (Å²) in [5, 5.41) is 2.83. The molecular formula is C17H22N2O3S2. The van der Waals surface area contributed by atoms with Gasteiger partial charge >= 0.3 is 0 Å². The van der Waals surface area contributed by atoms with Gasteiger partial charge in [-0.05, 0) is 19.9 Å². The van der Waals surface area contributed by atoms with E-state index >= 15 is 0 Å². The number of para-hydroxylation sites is 1. The number of thiocarbonyl (C=S) groups is 1. The number of hydrogen-bond acceptors (Lipinski definition) is 5. The first-order valence-corrected chi connectivity index (χ1v) is 8.98. The smallest absolute Gasteiger partial charge is 0.252 e. The molecule has 24 heavy (non-hydrogen) atoms. The lowest BCUT2D eigenvalue weighted by atomic mass is 10.0. The molecular weight excluding hydrogens is 344 g/mol. The molecule has 1 aliphatic heterocycles. The number of carbonyl (C=O) groups excluding carboxylic acids is 2. The van der Waals surface area contributed by atoms with Crippen LogP contribution in [0.2, 0.25) is 0 Å². The lowest BCUT2D eigenvalue weighted by Crippen LogP contribution is -2.61. The minimum atomic E-state index is -0.614. The maximum Gasteiger partial charge on any atom is 0.252 e. The number of carbonyl (C=O) groups is 2. The van der Waals surface area contributed by atoms with E-state index in [1.54, 1.807) is 18.9 Å². The van der Waals surface area contributed by atoms with Crippen LogP contribution < -0.4 is 10.1 Å². The summed E-state index contributed by atoms with van der Waals surface area (Å²) in [5.41, 5.74) is 0.872. The van der Waals surface area contributed by atoms with Crippen molar-refractivity contribution in [3.05, 3.63) is 29.8 Å². The van der Waals surface area contributed by atoms with Gasteiger partial charge in [-0.15, -0.1) is 0 Å². The number of thioether (sulfide) groups is 1. The summed E-state index contributed by atoms with van der Waals surface area (Å²) in [6.07, 6.45) is 0.335. The molecule has 1 aliphatic rings. The standard InChI is InChI=1S/C17H22N2O3S2/c1-5-13(20)18-14-15(21)19(16(23)24-17(14,2)3)10-11-8-6-7-9-12(11)22-4/h6-9,14H,5,10H2,1-4H3,(H,18,20). The zero-order valence-corrected chi connectivity index (χ0v) is 15.9. The molecule has 1 heterocycles. The van der Waals surface area contributed by atoms with E-state index in [-0.39, 0.29) is 11.8 Å². The fraction of sp³-hybridized carbons (Fsp3) is 0.471. The fourth-order valence-corrected chi connectivity index (χ4v) is 4.32. The summed E-state index contributed by atoms with van der Waals surface area (Å²) in [6.45, 7) is 5.93. The summed E-state index contributed by atoms with van der Waals surface area (Å²) in [6, 6.07) is 6.90. The van der Waals surface area contributed by atoms with Crippen LogP contribution in [-0.4, -0.2) is 38.9 Å². The van der Waals surface area contributed by atoms with Crippen molar-refractivity contribution in [2.24, 2.45) is 0 Å². The highest BCUT2D eigenvalue weighted by Gasteiger charge is 2.46. The number of methoxy groups -OCH3 is 1. The molecule has 1 aromatic rings.